The lowest BCUT2D eigenvalue weighted by atomic mass is 10.4. The molecule has 1 rings (SSSR count). The average molecular weight is 248 g/mol. The van der Waals surface area contributed by atoms with Crippen LogP contribution in [-0.4, -0.2) is 37.5 Å². The lowest BCUT2D eigenvalue weighted by Crippen LogP contribution is -2.32. The highest BCUT2D eigenvalue weighted by Gasteiger charge is 2.21. The molecule has 8 heteroatoms. The van der Waals surface area contributed by atoms with Crippen molar-refractivity contribution in [1.82, 2.24) is 5.16 Å². The molecule has 0 fully saturated rings. The molecule has 0 aliphatic carbocycles. The van der Waals surface area contributed by atoms with Crippen LogP contribution >= 0.6 is 0 Å². The van der Waals surface area contributed by atoms with Gasteiger partial charge in [-0.05, 0) is 6.92 Å². The van der Waals surface area contributed by atoms with Crippen molar-refractivity contribution >= 4 is 21.8 Å². The van der Waals surface area contributed by atoms with Gasteiger partial charge in [0.05, 0.1) is 12.7 Å². The third kappa shape index (κ3) is 3.23. The highest BCUT2D eigenvalue weighted by Crippen LogP contribution is 2.17. The maximum Gasteiger partial charge on any atom is 0.305 e. The number of hydrogen-bond acceptors (Lipinski definition) is 5. The van der Waals surface area contributed by atoms with E-state index >= 15 is 0 Å². The number of sulfonamides is 1. The van der Waals surface area contributed by atoms with Gasteiger partial charge >= 0.3 is 5.97 Å². The summed E-state index contributed by atoms with van der Waals surface area (Å²) < 4.78 is 28.5. The van der Waals surface area contributed by atoms with Crippen molar-refractivity contribution in [2.45, 2.75) is 13.3 Å². The molecule has 0 atom stereocenters. The molecular weight excluding hydrogens is 236 g/mol. The Hall–Kier alpha value is -1.57. The Balaban J connectivity index is 2.93. The van der Waals surface area contributed by atoms with E-state index in [9.17, 15) is 13.2 Å². The summed E-state index contributed by atoms with van der Waals surface area (Å²) >= 11 is 0. The standard InChI is InChI=1S/C8H12N2O5S/c1-6-5-7(9-15-6)10(16(2,13)14)4-3-8(11)12/h5H,3-4H2,1-2H3,(H,11,12). The van der Waals surface area contributed by atoms with Gasteiger partial charge in [-0.1, -0.05) is 5.16 Å². The monoisotopic (exact) mass is 248 g/mol. The number of anilines is 1. The topological polar surface area (TPSA) is 101 Å². The Morgan fingerprint density at radius 3 is 2.62 bits per heavy atom. The van der Waals surface area contributed by atoms with Gasteiger partial charge in [-0.2, -0.15) is 0 Å². The first-order valence-electron chi connectivity index (χ1n) is 4.43. The van der Waals surface area contributed by atoms with E-state index in [0.717, 1.165) is 10.6 Å². The summed E-state index contributed by atoms with van der Waals surface area (Å²) in [6.07, 6.45) is 0.692. The Labute approximate surface area is 92.7 Å². The normalized spacial score (nSPS) is 11.4. The molecule has 0 saturated carbocycles. The van der Waals surface area contributed by atoms with Gasteiger partial charge in [-0.15, -0.1) is 0 Å². The predicted molar refractivity (Wildman–Crippen MR) is 55.7 cm³/mol. The fourth-order valence-corrected chi connectivity index (χ4v) is 1.97. The number of hydrogen-bond donors (Lipinski definition) is 1. The number of aryl methyl sites for hydroxylation is 1. The number of aliphatic carboxylic acids is 1. The van der Waals surface area contributed by atoms with Gasteiger partial charge in [0.2, 0.25) is 10.0 Å². The van der Waals surface area contributed by atoms with E-state index in [0.29, 0.717) is 5.76 Å². The summed E-state index contributed by atoms with van der Waals surface area (Å²) in [6.45, 7) is 1.45. The van der Waals surface area contributed by atoms with E-state index in [1.54, 1.807) is 6.92 Å². The number of carboxylic acids is 1. The molecular formula is C8H12N2O5S. The van der Waals surface area contributed by atoms with Crippen molar-refractivity contribution in [3.63, 3.8) is 0 Å². The molecule has 0 radical (unpaired) electrons. The molecule has 90 valence electrons. The summed E-state index contributed by atoms with van der Waals surface area (Å²) in [4.78, 5) is 10.4. The van der Waals surface area contributed by atoms with Crippen molar-refractivity contribution < 1.29 is 22.8 Å². The molecule has 1 aromatic rings. The van der Waals surface area contributed by atoms with Crippen molar-refractivity contribution in [3.8, 4) is 0 Å². The number of aromatic nitrogens is 1. The SMILES string of the molecule is Cc1cc(N(CCC(=O)O)S(C)(=O)=O)no1. The second-order valence-electron chi connectivity index (χ2n) is 3.27. The second-order valence-corrected chi connectivity index (χ2v) is 5.18. The van der Waals surface area contributed by atoms with E-state index in [2.05, 4.69) is 5.16 Å². The summed E-state index contributed by atoms with van der Waals surface area (Å²) in [5.74, 6) is -0.519. The first-order valence-corrected chi connectivity index (χ1v) is 6.28. The van der Waals surface area contributed by atoms with Crippen LogP contribution < -0.4 is 4.31 Å². The van der Waals surface area contributed by atoms with Crippen LogP contribution in [0, 0.1) is 6.92 Å². The summed E-state index contributed by atoms with van der Waals surface area (Å²) in [5.41, 5.74) is 0. The van der Waals surface area contributed by atoms with Crippen LogP contribution in [0.3, 0.4) is 0 Å². The van der Waals surface area contributed by atoms with E-state index in [-0.39, 0.29) is 18.8 Å². The fourth-order valence-electron chi connectivity index (χ4n) is 1.12. The molecule has 1 heterocycles. The van der Waals surface area contributed by atoms with Crippen molar-refractivity contribution in [2.24, 2.45) is 0 Å². The van der Waals surface area contributed by atoms with Crippen LogP contribution in [0.4, 0.5) is 5.82 Å². The van der Waals surface area contributed by atoms with E-state index in [1.165, 1.54) is 6.07 Å². The van der Waals surface area contributed by atoms with Crippen LogP contribution in [0.5, 0.6) is 0 Å². The van der Waals surface area contributed by atoms with Crippen LogP contribution in [0.15, 0.2) is 10.6 Å². The van der Waals surface area contributed by atoms with Crippen LogP contribution in [0.1, 0.15) is 12.2 Å². The number of carboxylic acid groups (broad SMARTS) is 1. The third-order valence-corrected chi connectivity index (χ3v) is 2.97. The van der Waals surface area contributed by atoms with Crippen molar-refractivity contribution in [1.29, 1.82) is 0 Å². The predicted octanol–water partition coefficient (Wildman–Crippen LogP) is 0.224. The van der Waals surface area contributed by atoms with Gasteiger partial charge in [-0.3, -0.25) is 9.10 Å². The Kier molecular flexibility index (Phi) is 3.53. The molecule has 0 spiro atoms. The molecule has 0 aliphatic rings. The minimum atomic E-state index is -3.55. The highest BCUT2D eigenvalue weighted by atomic mass is 32.2. The van der Waals surface area contributed by atoms with Gasteiger partial charge in [0.15, 0.2) is 5.82 Å². The van der Waals surface area contributed by atoms with Gasteiger partial charge in [0, 0.05) is 12.6 Å². The molecule has 0 saturated heterocycles. The number of nitrogens with zero attached hydrogens (tertiary/aromatic N) is 2. The lowest BCUT2D eigenvalue weighted by molar-refractivity contribution is -0.136. The van der Waals surface area contributed by atoms with Gasteiger partial charge in [-0.25, -0.2) is 8.42 Å². The quantitative estimate of drug-likeness (QED) is 0.800. The largest absolute Gasteiger partial charge is 0.481 e. The van der Waals surface area contributed by atoms with Crippen LogP contribution in [-0.2, 0) is 14.8 Å². The van der Waals surface area contributed by atoms with Gasteiger partial charge in [0.1, 0.15) is 5.76 Å². The first kappa shape index (κ1) is 12.5. The average Bonchev–Trinajstić information content (AvgIpc) is 2.49. The zero-order valence-electron chi connectivity index (χ0n) is 8.87. The van der Waals surface area contributed by atoms with Gasteiger partial charge < -0.3 is 9.63 Å². The number of carbonyl (C=O) groups is 1. The smallest absolute Gasteiger partial charge is 0.305 e. The molecule has 1 N–H and O–H groups in total. The zero-order valence-corrected chi connectivity index (χ0v) is 9.69. The number of rotatable bonds is 5. The maximum absolute atomic E-state index is 11.4. The fraction of sp³-hybridized carbons (Fsp3) is 0.500. The molecule has 7 nitrogen and oxygen atoms in total. The Bertz CT molecular complexity index is 478. The van der Waals surface area contributed by atoms with Crippen LogP contribution in [0.2, 0.25) is 0 Å². The molecule has 0 aliphatic heterocycles. The first-order chi connectivity index (χ1) is 7.30. The summed E-state index contributed by atoms with van der Waals surface area (Å²) in [6, 6.07) is 1.43. The minimum absolute atomic E-state index is 0.0984. The minimum Gasteiger partial charge on any atom is -0.481 e. The molecule has 0 amide bonds. The molecule has 0 unspecified atom stereocenters. The summed E-state index contributed by atoms with van der Waals surface area (Å²) in [5, 5.41) is 12.1. The van der Waals surface area contributed by atoms with Crippen molar-refractivity contribution in [3.05, 3.63) is 11.8 Å². The third-order valence-electron chi connectivity index (χ3n) is 1.80. The van der Waals surface area contributed by atoms with E-state index in [1.807, 2.05) is 0 Å². The van der Waals surface area contributed by atoms with E-state index < -0.39 is 16.0 Å². The molecule has 0 bridgehead atoms. The molecule has 1 aromatic heterocycles. The molecule has 16 heavy (non-hydrogen) atoms. The van der Waals surface area contributed by atoms with Crippen LogP contribution in [0.25, 0.3) is 0 Å². The Morgan fingerprint density at radius 2 is 2.25 bits per heavy atom. The highest BCUT2D eigenvalue weighted by molar-refractivity contribution is 7.92. The lowest BCUT2D eigenvalue weighted by Gasteiger charge is -2.17. The maximum atomic E-state index is 11.4. The molecule has 0 aromatic carbocycles. The van der Waals surface area contributed by atoms with E-state index in [4.69, 9.17) is 9.63 Å². The Morgan fingerprint density at radius 1 is 1.62 bits per heavy atom. The summed E-state index contributed by atoms with van der Waals surface area (Å²) in [7, 11) is -3.55. The van der Waals surface area contributed by atoms with Crippen molar-refractivity contribution in [2.75, 3.05) is 17.1 Å². The zero-order chi connectivity index (χ0) is 12.3. The second kappa shape index (κ2) is 4.52. The van der Waals surface area contributed by atoms with Gasteiger partial charge in [0.25, 0.3) is 0 Å².